The maximum absolute atomic E-state index is 3.31. The van der Waals surface area contributed by atoms with E-state index in [0.29, 0.717) is 15.0 Å². The fourth-order valence-corrected chi connectivity index (χ4v) is 5.04. The second kappa shape index (κ2) is 6.59. The summed E-state index contributed by atoms with van der Waals surface area (Å²) in [6.45, 7) is 0. The van der Waals surface area contributed by atoms with Gasteiger partial charge in [-0.25, -0.2) is 0 Å². The van der Waals surface area contributed by atoms with E-state index >= 15 is 0 Å². The molecule has 20 heavy (non-hydrogen) atoms. The normalized spacial score (nSPS) is 9.80. The predicted molar refractivity (Wildman–Crippen MR) is 88.2 cm³/mol. The van der Waals surface area contributed by atoms with E-state index in [2.05, 4.69) is 53.6 Å². The van der Waals surface area contributed by atoms with Crippen LogP contribution in [0, 0.1) is 11.8 Å². The van der Waals surface area contributed by atoms with Crippen LogP contribution in [0.2, 0.25) is 0 Å². The first-order chi connectivity index (χ1) is 9.92. The van der Waals surface area contributed by atoms with Crippen LogP contribution in [0.4, 0.5) is 0 Å². The van der Waals surface area contributed by atoms with E-state index in [4.69, 9.17) is 0 Å². The van der Waals surface area contributed by atoms with Crippen LogP contribution >= 0.6 is 11.3 Å². The number of benzene rings is 2. The van der Waals surface area contributed by atoms with Crippen molar-refractivity contribution in [3.05, 3.63) is 83.2 Å². The van der Waals surface area contributed by atoms with Crippen molar-refractivity contribution in [2.45, 2.75) is 0 Å². The van der Waals surface area contributed by atoms with Gasteiger partial charge in [-0.1, -0.05) is 0 Å². The van der Waals surface area contributed by atoms with Gasteiger partial charge in [0, 0.05) is 0 Å². The van der Waals surface area contributed by atoms with E-state index in [1.54, 1.807) is 11.3 Å². The molecule has 1 heterocycles. The van der Waals surface area contributed by atoms with Crippen LogP contribution in [-0.2, 0) is 0 Å². The van der Waals surface area contributed by atoms with Crippen LogP contribution in [0.3, 0.4) is 0 Å². The molecule has 0 aliphatic heterocycles. The van der Waals surface area contributed by atoms with E-state index in [0.717, 1.165) is 5.56 Å². The monoisotopic (exact) mass is 340 g/mol. The minimum atomic E-state index is 0.343. The topological polar surface area (TPSA) is 0 Å². The van der Waals surface area contributed by atoms with Crippen molar-refractivity contribution < 1.29 is 0 Å². The van der Waals surface area contributed by atoms with Gasteiger partial charge >= 0.3 is 130 Å². The summed E-state index contributed by atoms with van der Waals surface area (Å²) in [5.41, 5.74) is 2.24. The van der Waals surface area contributed by atoms with Crippen molar-refractivity contribution in [3.63, 3.8) is 0 Å². The van der Waals surface area contributed by atoms with Crippen LogP contribution in [0.25, 0.3) is 0 Å². The van der Waals surface area contributed by atoms with Crippen molar-refractivity contribution in [2.24, 2.45) is 0 Å². The Bertz CT molecular complexity index is 733. The van der Waals surface area contributed by atoms with Crippen molar-refractivity contribution in [1.82, 2.24) is 0 Å². The molecule has 0 nitrogen and oxygen atoms in total. The van der Waals surface area contributed by atoms with Crippen molar-refractivity contribution in [1.29, 1.82) is 0 Å². The Morgan fingerprint density at radius 2 is 1.45 bits per heavy atom. The summed E-state index contributed by atoms with van der Waals surface area (Å²) >= 11 is 2.15. The molecule has 3 rings (SSSR count). The molecule has 0 unspecified atom stereocenters. The van der Waals surface area contributed by atoms with Gasteiger partial charge in [0.2, 0.25) is 0 Å². The summed E-state index contributed by atoms with van der Waals surface area (Å²) in [4.78, 5) is 0. The number of thiophene rings is 1. The minimum absolute atomic E-state index is 0.343. The fourth-order valence-electron chi connectivity index (χ4n) is 1.72. The van der Waals surface area contributed by atoms with Crippen LogP contribution in [0.5, 0.6) is 0 Å². The van der Waals surface area contributed by atoms with Crippen molar-refractivity contribution in [2.75, 3.05) is 0 Å². The first-order valence-corrected chi connectivity index (χ1v) is 8.88. The quantitative estimate of drug-likeness (QED) is 0.498. The first kappa shape index (κ1) is 13.2. The molecule has 96 valence electrons. The zero-order chi connectivity index (χ0) is 13.6. The summed E-state index contributed by atoms with van der Waals surface area (Å²) in [5.74, 6) is 6.55. The molecule has 2 aromatic carbocycles. The van der Waals surface area contributed by atoms with Gasteiger partial charge in [0.25, 0.3) is 0 Å². The zero-order valence-corrected chi connectivity index (χ0v) is 13.3. The molecule has 0 radical (unpaired) electrons. The first-order valence-electron chi connectivity index (χ1n) is 6.29. The summed E-state index contributed by atoms with van der Waals surface area (Å²) in [7, 11) is 0. The van der Waals surface area contributed by atoms with E-state index in [1.807, 2.05) is 30.3 Å². The van der Waals surface area contributed by atoms with Gasteiger partial charge in [-0.2, -0.15) is 0 Å². The molecule has 0 saturated carbocycles. The second-order valence-corrected chi connectivity index (χ2v) is 7.93. The Labute approximate surface area is 129 Å². The standard InChI is InChI=1S/C18H12SSe/c1-3-7-15(8-4-1)11-12-16-13-14-19-18(16)20-17-9-5-2-6-10-17/h1-10,13-14H. The molecular formula is C18H12SSe. The number of hydrogen-bond donors (Lipinski definition) is 0. The summed E-state index contributed by atoms with van der Waals surface area (Å²) in [6, 6.07) is 22.9. The molecule has 0 N–H and O–H groups in total. The van der Waals surface area contributed by atoms with Crippen LogP contribution in [0.1, 0.15) is 11.1 Å². The maximum atomic E-state index is 3.31. The van der Waals surface area contributed by atoms with E-state index in [1.165, 1.54) is 13.8 Å². The molecule has 3 aromatic rings. The molecule has 0 fully saturated rings. The van der Waals surface area contributed by atoms with Gasteiger partial charge in [-0.05, 0) is 0 Å². The Balaban J connectivity index is 1.83. The van der Waals surface area contributed by atoms with Gasteiger partial charge in [-0.3, -0.25) is 0 Å². The SMILES string of the molecule is C(#Cc1ccsc1[Se]c1ccccc1)c1ccccc1. The molecule has 0 aliphatic rings. The van der Waals surface area contributed by atoms with Gasteiger partial charge in [0.15, 0.2) is 0 Å². The molecule has 1 aromatic heterocycles. The Kier molecular flexibility index (Phi) is 4.35. The number of rotatable bonds is 2. The molecule has 0 spiro atoms. The summed E-state index contributed by atoms with van der Waals surface area (Å²) < 4.78 is 2.79. The van der Waals surface area contributed by atoms with E-state index in [-0.39, 0.29) is 0 Å². The van der Waals surface area contributed by atoms with E-state index < -0.39 is 0 Å². The predicted octanol–water partition coefficient (Wildman–Crippen LogP) is 2.80. The molecule has 0 aliphatic carbocycles. The molecule has 0 saturated heterocycles. The molecule has 0 atom stereocenters. The molecule has 0 amide bonds. The molecule has 0 bridgehead atoms. The summed E-state index contributed by atoms with van der Waals surface area (Å²) in [5, 5.41) is 2.13. The number of hydrogen-bond acceptors (Lipinski definition) is 1. The summed E-state index contributed by atoms with van der Waals surface area (Å²) in [6.07, 6.45) is 0. The third-order valence-electron chi connectivity index (χ3n) is 2.70. The van der Waals surface area contributed by atoms with Gasteiger partial charge < -0.3 is 0 Å². The molecule has 2 heteroatoms. The van der Waals surface area contributed by atoms with Gasteiger partial charge in [0.05, 0.1) is 0 Å². The average Bonchev–Trinajstić information content (AvgIpc) is 2.94. The Hall–Kier alpha value is -1.78. The van der Waals surface area contributed by atoms with Crippen molar-refractivity contribution >= 4 is 34.5 Å². The van der Waals surface area contributed by atoms with Crippen LogP contribution in [-0.4, -0.2) is 15.0 Å². The third-order valence-corrected chi connectivity index (χ3v) is 6.36. The second-order valence-electron chi connectivity index (χ2n) is 4.15. The van der Waals surface area contributed by atoms with Crippen LogP contribution < -0.4 is 8.24 Å². The zero-order valence-electron chi connectivity index (χ0n) is 10.7. The van der Waals surface area contributed by atoms with Crippen LogP contribution in [0.15, 0.2) is 72.1 Å². The Morgan fingerprint density at radius 1 is 0.750 bits per heavy atom. The Morgan fingerprint density at radius 3 is 2.20 bits per heavy atom. The fraction of sp³-hybridized carbons (Fsp3) is 0. The van der Waals surface area contributed by atoms with E-state index in [9.17, 15) is 0 Å². The average molecular weight is 339 g/mol. The van der Waals surface area contributed by atoms with Gasteiger partial charge in [-0.15, -0.1) is 0 Å². The van der Waals surface area contributed by atoms with Gasteiger partial charge in [0.1, 0.15) is 0 Å². The molecular weight excluding hydrogens is 327 g/mol. The third kappa shape index (κ3) is 3.40. The van der Waals surface area contributed by atoms with Crippen molar-refractivity contribution in [3.8, 4) is 11.8 Å².